The van der Waals surface area contributed by atoms with E-state index in [1.165, 1.54) is 17.6 Å². The van der Waals surface area contributed by atoms with Gasteiger partial charge in [0.05, 0.1) is 0 Å². The normalized spacial score (nSPS) is 11.4. The number of thiol groups is 1. The molecule has 0 aliphatic heterocycles. The molecule has 0 spiro atoms. The molecule has 1 rings (SSSR count). The van der Waals surface area contributed by atoms with E-state index in [1.54, 1.807) is 12.1 Å². The summed E-state index contributed by atoms with van der Waals surface area (Å²) >= 11 is 0.920. The maximum Gasteiger partial charge on any atom is 0.123 e. The van der Waals surface area contributed by atoms with Gasteiger partial charge >= 0.3 is 0 Å². The van der Waals surface area contributed by atoms with Gasteiger partial charge in [-0.25, -0.2) is 4.39 Å². The van der Waals surface area contributed by atoms with Gasteiger partial charge in [0.2, 0.25) is 0 Å². The standard InChI is InChI=1S/C7H8FNS/c8-6-1-3-7(4-2-6)10-5-9/h1-5,10H,9H2. The molecule has 10 heavy (non-hydrogen) atoms. The lowest BCUT2D eigenvalue weighted by Crippen LogP contribution is -1.83. The highest BCUT2D eigenvalue weighted by Crippen LogP contribution is 2.09. The molecule has 1 aromatic carbocycles. The fraction of sp³-hybridized carbons (Fsp3) is 0. The molecule has 0 radical (unpaired) electrons. The van der Waals surface area contributed by atoms with Crippen LogP contribution in [0.15, 0.2) is 29.2 Å². The Morgan fingerprint density at radius 1 is 1.30 bits per heavy atom. The fourth-order valence-electron chi connectivity index (χ4n) is 0.613. The monoisotopic (exact) mass is 157 g/mol. The van der Waals surface area contributed by atoms with E-state index in [1.807, 2.05) is 0 Å². The van der Waals surface area contributed by atoms with Gasteiger partial charge in [0.1, 0.15) is 5.82 Å². The zero-order chi connectivity index (χ0) is 7.40. The Bertz CT molecular complexity index is 230. The van der Waals surface area contributed by atoms with Crippen LogP contribution >= 0.6 is 11.4 Å². The predicted octanol–water partition coefficient (Wildman–Crippen LogP) is 1.37. The number of halogens is 1. The summed E-state index contributed by atoms with van der Waals surface area (Å²) in [4.78, 5) is 1.00. The Balaban J connectivity index is 2.89. The summed E-state index contributed by atoms with van der Waals surface area (Å²) in [6.45, 7) is 0. The molecule has 0 unspecified atom stereocenters. The van der Waals surface area contributed by atoms with E-state index < -0.39 is 0 Å². The SMILES string of the molecule is NC=[SH]c1ccc(F)cc1. The molecule has 0 aromatic heterocycles. The van der Waals surface area contributed by atoms with Crippen LogP contribution in [0.5, 0.6) is 0 Å². The summed E-state index contributed by atoms with van der Waals surface area (Å²) in [6.07, 6.45) is 0. The van der Waals surface area contributed by atoms with E-state index in [2.05, 4.69) is 0 Å². The molecular formula is C7H8FNS. The molecule has 1 aromatic rings. The van der Waals surface area contributed by atoms with Crippen molar-refractivity contribution in [2.75, 3.05) is 0 Å². The van der Waals surface area contributed by atoms with E-state index >= 15 is 0 Å². The van der Waals surface area contributed by atoms with Crippen LogP contribution in [-0.2, 0) is 0 Å². The maximum absolute atomic E-state index is 12.3. The van der Waals surface area contributed by atoms with Crippen molar-refractivity contribution in [2.45, 2.75) is 4.90 Å². The zero-order valence-corrected chi connectivity index (χ0v) is 6.18. The third-order valence-corrected chi connectivity index (χ3v) is 1.80. The molecule has 0 aliphatic carbocycles. The first-order valence-corrected chi connectivity index (χ1v) is 3.79. The third kappa shape index (κ3) is 1.93. The Morgan fingerprint density at radius 2 is 1.90 bits per heavy atom. The number of nitrogens with two attached hydrogens (primary N) is 1. The Hall–Kier alpha value is -0.670. The van der Waals surface area contributed by atoms with Crippen LogP contribution in [0.25, 0.3) is 0 Å². The molecule has 0 saturated heterocycles. The minimum absolute atomic E-state index is 0.212. The molecule has 3 heteroatoms. The highest BCUT2D eigenvalue weighted by atomic mass is 32.1. The van der Waals surface area contributed by atoms with Crippen molar-refractivity contribution >= 4 is 16.8 Å². The molecule has 0 fully saturated rings. The van der Waals surface area contributed by atoms with Crippen LogP contribution < -0.4 is 5.73 Å². The van der Waals surface area contributed by atoms with E-state index in [0.29, 0.717) is 0 Å². The first-order valence-electron chi connectivity index (χ1n) is 2.83. The summed E-state index contributed by atoms with van der Waals surface area (Å²) in [6, 6.07) is 6.26. The average molecular weight is 157 g/mol. The van der Waals surface area contributed by atoms with Crippen molar-refractivity contribution in [1.29, 1.82) is 0 Å². The molecule has 1 nitrogen and oxygen atoms in total. The summed E-state index contributed by atoms with van der Waals surface area (Å²) in [5.41, 5.74) is 6.69. The van der Waals surface area contributed by atoms with Gasteiger partial charge in [-0.15, -0.1) is 0 Å². The molecule has 0 amide bonds. The van der Waals surface area contributed by atoms with Gasteiger partial charge in [-0.1, -0.05) is 0 Å². The summed E-state index contributed by atoms with van der Waals surface area (Å²) in [7, 11) is 0. The molecule has 0 aliphatic rings. The van der Waals surface area contributed by atoms with Crippen LogP contribution in [0.2, 0.25) is 0 Å². The second kappa shape index (κ2) is 3.49. The molecule has 2 N–H and O–H groups in total. The van der Waals surface area contributed by atoms with Gasteiger partial charge in [0.25, 0.3) is 0 Å². The second-order valence-corrected chi connectivity index (χ2v) is 2.83. The van der Waals surface area contributed by atoms with Gasteiger partial charge in [-0.05, 0) is 29.2 Å². The molecule has 54 valence electrons. The van der Waals surface area contributed by atoms with Crippen LogP contribution in [-0.4, -0.2) is 5.49 Å². The van der Waals surface area contributed by atoms with E-state index in [9.17, 15) is 4.39 Å². The first kappa shape index (κ1) is 7.44. The molecule has 0 saturated carbocycles. The van der Waals surface area contributed by atoms with Crippen LogP contribution in [0.3, 0.4) is 0 Å². The second-order valence-electron chi connectivity index (χ2n) is 1.75. The Morgan fingerprint density at radius 3 is 2.40 bits per heavy atom. The van der Waals surface area contributed by atoms with Crippen molar-refractivity contribution in [3.05, 3.63) is 30.1 Å². The van der Waals surface area contributed by atoms with Crippen molar-refractivity contribution in [1.82, 2.24) is 0 Å². The van der Waals surface area contributed by atoms with Crippen molar-refractivity contribution in [2.24, 2.45) is 5.73 Å². The minimum atomic E-state index is -0.212. The van der Waals surface area contributed by atoms with Gasteiger partial charge in [-0.3, -0.25) is 0 Å². The first-order chi connectivity index (χ1) is 4.83. The average Bonchev–Trinajstić information content (AvgIpc) is 1.95. The highest BCUT2D eigenvalue weighted by Gasteiger charge is 1.86. The van der Waals surface area contributed by atoms with Gasteiger partial charge < -0.3 is 5.73 Å². The highest BCUT2D eigenvalue weighted by molar-refractivity contribution is 7.97. The Labute approximate surface area is 62.6 Å². The lowest BCUT2D eigenvalue weighted by molar-refractivity contribution is 0.626. The predicted molar refractivity (Wildman–Crippen MR) is 43.9 cm³/mol. The largest absolute Gasteiger partial charge is 0.304 e. The number of rotatable bonds is 1. The smallest absolute Gasteiger partial charge is 0.123 e. The quantitative estimate of drug-likeness (QED) is 0.467. The molecule has 0 heterocycles. The lowest BCUT2D eigenvalue weighted by Gasteiger charge is -1.90. The van der Waals surface area contributed by atoms with Crippen LogP contribution in [0, 0.1) is 5.82 Å². The van der Waals surface area contributed by atoms with Gasteiger partial charge in [-0.2, -0.15) is 11.4 Å². The molecular weight excluding hydrogens is 149 g/mol. The van der Waals surface area contributed by atoms with Gasteiger partial charge in [0.15, 0.2) is 0 Å². The fourth-order valence-corrected chi connectivity index (χ4v) is 1.11. The van der Waals surface area contributed by atoms with E-state index in [4.69, 9.17) is 5.73 Å². The summed E-state index contributed by atoms with van der Waals surface area (Å²) in [5, 5.41) is 0. The van der Waals surface area contributed by atoms with Crippen LogP contribution in [0.1, 0.15) is 0 Å². The van der Waals surface area contributed by atoms with Crippen LogP contribution in [0.4, 0.5) is 4.39 Å². The number of hydrogen-bond donors (Lipinski definition) is 2. The van der Waals surface area contributed by atoms with Crippen molar-refractivity contribution in [3.63, 3.8) is 0 Å². The zero-order valence-electron chi connectivity index (χ0n) is 5.29. The number of hydrogen-bond acceptors (Lipinski definition) is 0. The Kier molecular flexibility index (Phi) is 2.59. The molecule has 0 atom stereocenters. The number of benzene rings is 1. The lowest BCUT2D eigenvalue weighted by atomic mass is 10.4. The van der Waals surface area contributed by atoms with Crippen molar-refractivity contribution < 1.29 is 4.39 Å². The minimum Gasteiger partial charge on any atom is -0.304 e. The topological polar surface area (TPSA) is 26.0 Å². The van der Waals surface area contributed by atoms with E-state index in [0.717, 1.165) is 16.2 Å². The summed E-state index contributed by atoms with van der Waals surface area (Å²) < 4.78 is 12.3. The third-order valence-electron chi connectivity index (χ3n) is 1.05. The van der Waals surface area contributed by atoms with E-state index in [-0.39, 0.29) is 5.82 Å². The molecule has 0 bridgehead atoms. The van der Waals surface area contributed by atoms with Crippen molar-refractivity contribution in [3.8, 4) is 0 Å². The van der Waals surface area contributed by atoms with Gasteiger partial charge in [0, 0.05) is 5.49 Å². The maximum atomic E-state index is 12.3. The summed E-state index contributed by atoms with van der Waals surface area (Å²) in [5.74, 6) is -0.212.